The topological polar surface area (TPSA) is 45.2 Å². The molecule has 0 unspecified atom stereocenters. The van der Waals surface area contributed by atoms with Crippen molar-refractivity contribution in [3.63, 3.8) is 0 Å². The predicted molar refractivity (Wildman–Crippen MR) is 101 cm³/mol. The number of carbonyl (C=O) groups excluding carboxylic acids is 1. The minimum absolute atomic E-state index is 0.0666. The molecule has 6 heteroatoms. The summed E-state index contributed by atoms with van der Waals surface area (Å²) in [6, 6.07) is 8.58. The lowest BCUT2D eigenvalue weighted by Crippen LogP contribution is -2.29. The first-order chi connectivity index (χ1) is 11.7. The quantitative estimate of drug-likeness (QED) is 0.829. The first-order valence-electron chi connectivity index (χ1n) is 8.44. The van der Waals surface area contributed by atoms with E-state index >= 15 is 0 Å². The van der Waals surface area contributed by atoms with E-state index in [9.17, 15) is 4.79 Å². The summed E-state index contributed by atoms with van der Waals surface area (Å²) in [5.74, 6) is 0.966. The largest absolute Gasteiger partial charge is 0.348 e. The third-order valence-electron chi connectivity index (χ3n) is 4.75. The maximum absolute atomic E-state index is 12.2. The molecule has 2 aliphatic heterocycles. The molecule has 1 saturated heterocycles. The van der Waals surface area contributed by atoms with Crippen LogP contribution in [0.25, 0.3) is 0 Å². The number of nitrogens with one attached hydrogen (secondary N) is 1. The zero-order valence-electron chi connectivity index (χ0n) is 13.7. The van der Waals surface area contributed by atoms with Crippen molar-refractivity contribution in [1.29, 1.82) is 0 Å². The second kappa shape index (κ2) is 6.76. The monoisotopic (exact) mass is 359 g/mol. The van der Waals surface area contributed by atoms with Crippen molar-refractivity contribution in [2.75, 3.05) is 29.6 Å². The van der Waals surface area contributed by atoms with Crippen LogP contribution in [0.15, 0.2) is 29.2 Å². The fraction of sp³-hybridized carbons (Fsp3) is 0.444. The number of rotatable bonds is 3. The number of thiazole rings is 1. The summed E-state index contributed by atoms with van der Waals surface area (Å²) in [5.41, 5.74) is 1.21. The summed E-state index contributed by atoms with van der Waals surface area (Å²) >= 11 is 3.49. The first-order valence-corrected chi connectivity index (χ1v) is 10.5. The fourth-order valence-electron chi connectivity index (χ4n) is 3.43. The summed E-state index contributed by atoms with van der Waals surface area (Å²) in [5, 5.41) is 4.03. The van der Waals surface area contributed by atoms with Gasteiger partial charge in [-0.05, 0) is 43.2 Å². The first kappa shape index (κ1) is 16.0. The van der Waals surface area contributed by atoms with Crippen molar-refractivity contribution < 1.29 is 4.79 Å². The van der Waals surface area contributed by atoms with Gasteiger partial charge in [0.15, 0.2) is 5.13 Å². The van der Waals surface area contributed by atoms with E-state index in [4.69, 9.17) is 4.98 Å². The van der Waals surface area contributed by atoms with Crippen molar-refractivity contribution in [3.05, 3.63) is 34.7 Å². The maximum Gasteiger partial charge on any atom is 0.226 e. The molecule has 3 heterocycles. The highest BCUT2D eigenvalue weighted by atomic mass is 32.2. The molecule has 1 fully saturated rings. The van der Waals surface area contributed by atoms with Crippen LogP contribution in [0.1, 0.15) is 42.0 Å². The third kappa shape index (κ3) is 3.05. The highest BCUT2D eigenvalue weighted by Gasteiger charge is 2.31. The summed E-state index contributed by atoms with van der Waals surface area (Å²) in [4.78, 5) is 21.7. The Labute approximate surface area is 150 Å². The van der Waals surface area contributed by atoms with Crippen LogP contribution in [-0.4, -0.2) is 30.2 Å². The summed E-state index contributed by atoms with van der Waals surface area (Å²) in [6.45, 7) is 2.15. The van der Waals surface area contributed by atoms with Crippen molar-refractivity contribution >= 4 is 40.0 Å². The van der Waals surface area contributed by atoms with Gasteiger partial charge in [0.05, 0.1) is 4.88 Å². The van der Waals surface area contributed by atoms with E-state index in [-0.39, 0.29) is 11.8 Å². The number of piperidine rings is 1. The number of thioether (sulfide) groups is 1. The van der Waals surface area contributed by atoms with Crippen molar-refractivity contribution in [3.8, 4) is 0 Å². The van der Waals surface area contributed by atoms with Crippen LogP contribution in [0.2, 0.25) is 0 Å². The Morgan fingerprint density at radius 2 is 1.96 bits per heavy atom. The molecule has 2 aromatic rings. The van der Waals surface area contributed by atoms with Gasteiger partial charge in [-0.15, -0.1) is 11.8 Å². The van der Waals surface area contributed by atoms with Crippen LogP contribution in [0.4, 0.5) is 10.9 Å². The van der Waals surface area contributed by atoms with E-state index in [1.807, 2.05) is 0 Å². The Morgan fingerprint density at radius 3 is 2.67 bits per heavy atom. The average molecular weight is 360 g/mol. The Hall–Kier alpha value is -1.53. The summed E-state index contributed by atoms with van der Waals surface area (Å²) < 4.78 is 0. The number of hydrogen-bond acceptors (Lipinski definition) is 5. The lowest BCUT2D eigenvalue weighted by Gasteiger charge is -2.25. The van der Waals surface area contributed by atoms with Gasteiger partial charge in [-0.25, -0.2) is 4.98 Å². The molecular weight excluding hydrogens is 338 g/mol. The van der Waals surface area contributed by atoms with Gasteiger partial charge in [0.2, 0.25) is 5.91 Å². The summed E-state index contributed by atoms with van der Waals surface area (Å²) in [7, 11) is 0. The highest BCUT2D eigenvalue weighted by molar-refractivity contribution is 7.98. The second-order valence-electron chi connectivity index (χ2n) is 6.34. The molecule has 0 aliphatic carbocycles. The molecule has 0 spiro atoms. The van der Waals surface area contributed by atoms with E-state index in [1.54, 1.807) is 23.1 Å². The van der Waals surface area contributed by atoms with Crippen LogP contribution in [0.3, 0.4) is 0 Å². The van der Waals surface area contributed by atoms with Gasteiger partial charge in [-0.1, -0.05) is 23.5 Å². The molecule has 2 aliphatic rings. The average Bonchev–Trinajstić information content (AvgIpc) is 3.06. The SMILES string of the molecule is CSc1ccc([C@@H]2CC(=O)Nc3nc(N4CCCCC4)sc32)cc1. The van der Waals surface area contributed by atoms with Crippen LogP contribution >= 0.6 is 23.1 Å². The molecule has 4 nitrogen and oxygen atoms in total. The van der Waals surface area contributed by atoms with Gasteiger partial charge in [-0.2, -0.15) is 0 Å². The Morgan fingerprint density at radius 1 is 1.21 bits per heavy atom. The highest BCUT2D eigenvalue weighted by Crippen LogP contribution is 2.43. The standard InChI is InChI=1S/C18H21N3OS2/c1-23-13-7-5-12(6-8-13)14-11-15(22)19-17-16(14)24-18(20-17)21-9-3-2-4-10-21/h5-8,14H,2-4,9-11H2,1H3,(H,19,22)/t14-/m0/s1. The van der Waals surface area contributed by atoms with Crippen molar-refractivity contribution in [2.45, 2.75) is 36.5 Å². The molecule has 1 aromatic carbocycles. The Balaban J connectivity index is 1.67. The smallest absolute Gasteiger partial charge is 0.226 e. The van der Waals surface area contributed by atoms with Gasteiger partial charge in [0, 0.05) is 30.3 Å². The molecule has 0 radical (unpaired) electrons. The fourth-order valence-corrected chi connectivity index (χ4v) is 5.04. The minimum Gasteiger partial charge on any atom is -0.348 e. The molecular formula is C18H21N3OS2. The van der Waals surface area contributed by atoms with Crippen molar-refractivity contribution in [2.24, 2.45) is 0 Å². The van der Waals surface area contributed by atoms with Crippen molar-refractivity contribution in [1.82, 2.24) is 4.98 Å². The Bertz CT molecular complexity index is 735. The maximum atomic E-state index is 12.2. The molecule has 1 aromatic heterocycles. The van der Waals surface area contributed by atoms with Crippen LogP contribution in [-0.2, 0) is 4.79 Å². The number of benzene rings is 1. The normalized spacial score (nSPS) is 20.6. The van der Waals surface area contributed by atoms with Crippen LogP contribution < -0.4 is 10.2 Å². The van der Waals surface area contributed by atoms with Gasteiger partial charge in [-0.3, -0.25) is 4.79 Å². The van der Waals surface area contributed by atoms with Crippen LogP contribution in [0.5, 0.6) is 0 Å². The lowest BCUT2D eigenvalue weighted by atomic mass is 9.92. The molecule has 1 N–H and O–H groups in total. The van der Waals surface area contributed by atoms with E-state index < -0.39 is 0 Å². The number of carbonyl (C=O) groups is 1. The molecule has 1 atom stereocenters. The summed E-state index contributed by atoms with van der Waals surface area (Å²) in [6.07, 6.45) is 6.36. The second-order valence-corrected chi connectivity index (χ2v) is 8.22. The number of fused-ring (bicyclic) bond motifs is 1. The van der Waals surface area contributed by atoms with Gasteiger partial charge >= 0.3 is 0 Å². The molecule has 1 amide bonds. The molecule has 4 rings (SSSR count). The zero-order chi connectivity index (χ0) is 16.5. The lowest BCUT2D eigenvalue weighted by molar-refractivity contribution is -0.116. The molecule has 0 bridgehead atoms. The molecule has 24 heavy (non-hydrogen) atoms. The Kier molecular flexibility index (Phi) is 4.50. The van der Waals surface area contributed by atoms with Crippen LogP contribution in [0, 0.1) is 0 Å². The number of hydrogen-bond donors (Lipinski definition) is 1. The van der Waals surface area contributed by atoms with E-state index in [0.717, 1.165) is 24.0 Å². The molecule has 0 saturated carbocycles. The third-order valence-corrected chi connectivity index (χ3v) is 6.72. The minimum atomic E-state index is 0.0666. The number of aromatic nitrogens is 1. The number of anilines is 2. The van der Waals surface area contributed by atoms with E-state index in [1.165, 1.54) is 34.6 Å². The number of nitrogens with zero attached hydrogens (tertiary/aromatic N) is 2. The number of amides is 1. The van der Waals surface area contributed by atoms with Gasteiger partial charge in [0.25, 0.3) is 0 Å². The van der Waals surface area contributed by atoms with E-state index in [2.05, 4.69) is 40.7 Å². The van der Waals surface area contributed by atoms with Gasteiger partial charge in [0.1, 0.15) is 5.82 Å². The van der Waals surface area contributed by atoms with Gasteiger partial charge < -0.3 is 10.2 Å². The van der Waals surface area contributed by atoms with E-state index in [0.29, 0.717) is 6.42 Å². The zero-order valence-corrected chi connectivity index (χ0v) is 15.4. The molecule has 126 valence electrons. The predicted octanol–water partition coefficient (Wildman–Crippen LogP) is 4.33.